The molecule has 3 aromatic rings. The number of nitrogens with one attached hydrogen (secondary N) is 2. The van der Waals surface area contributed by atoms with Crippen LogP contribution in [0, 0.1) is 13.8 Å². The monoisotopic (exact) mass is 382 g/mol. The molecule has 1 aromatic heterocycles. The quantitative estimate of drug-likeness (QED) is 0.665. The van der Waals surface area contributed by atoms with Gasteiger partial charge in [0, 0.05) is 23.1 Å². The topological polar surface area (TPSA) is 76.1 Å². The highest BCUT2D eigenvalue weighted by molar-refractivity contribution is 6.31. The van der Waals surface area contributed by atoms with Crippen molar-refractivity contribution >= 4 is 34.8 Å². The minimum atomic E-state index is -0.268. The molecule has 0 saturated carbocycles. The number of amides is 1. The SMILES string of the molecule is COc1ccc(Cl)cc1Nc1ncc(C(=O)Nc2cc(C)ccc2C)cn1. The Balaban J connectivity index is 1.74. The van der Waals surface area contributed by atoms with Crippen LogP contribution in [0.3, 0.4) is 0 Å². The number of ether oxygens (including phenoxy) is 1. The van der Waals surface area contributed by atoms with Crippen LogP contribution in [0.4, 0.5) is 17.3 Å². The number of carbonyl (C=O) groups excluding carboxylic acids is 1. The largest absolute Gasteiger partial charge is 0.495 e. The van der Waals surface area contributed by atoms with Gasteiger partial charge in [-0.1, -0.05) is 23.7 Å². The zero-order chi connectivity index (χ0) is 19.4. The van der Waals surface area contributed by atoms with Gasteiger partial charge in [-0.3, -0.25) is 4.79 Å². The van der Waals surface area contributed by atoms with Gasteiger partial charge in [0.25, 0.3) is 5.91 Å². The Morgan fingerprint density at radius 2 is 1.78 bits per heavy atom. The molecule has 2 aromatic carbocycles. The van der Waals surface area contributed by atoms with Crippen molar-refractivity contribution < 1.29 is 9.53 Å². The van der Waals surface area contributed by atoms with E-state index in [4.69, 9.17) is 16.3 Å². The van der Waals surface area contributed by atoms with E-state index in [2.05, 4.69) is 20.6 Å². The Morgan fingerprint density at radius 3 is 2.48 bits per heavy atom. The summed E-state index contributed by atoms with van der Waals surface area (Å²) in [5.41, 5.74) is 3.83. The number of aryl methyl sites for hydroxylation is 2. The summed E-state index contributed by atoms with van der Waals surface area (Å²) in [5, 5.41) is 6.48. The van der Waals surface area contributed by atoms with Crippen molar-refractivity contribution in [1.82, 2.24) is 9.97 Å². The Labute approximate surface area is 162 Å². The predicted molar refractivity (Wildman–Crippen MR) is 107 cm³/mol. The molecule has 0 spiro atoms. The van der Waals surface area contributed by atoms with E-state index in [1.54, 1.807) is 25.3 Å². The van der Waals surface area contributed by atoms with Crippen molar-refractivity contribution in [2.75, 3.05) is 17.7 Å². The molecule has 1 heterocycles. The average molecular weight is 383 g/mol. The molecule has 0 saturated heterocycles. The molecule has 3 rings (SSSR count). The zero-order valence-corrected chi connectivity index (χ0v) is 16.0. The fraction of sp³-hybridized carbons (Fsp3) is 0.150. The zero-order valence-electron chi connectivity index (χ0n) is 15.2. The van der Waals surface area contributed by atoms with Gasteiger partial charge in [-0.15, -0.1) is 0 Å². The van der Waals surface area contributed by atoms with Crippen molar-refractivity contribution in [3.63, 3.8) is 0 Å². The average Bonchev–Trinajstić information content (AvgIpc) is 2.65. The first-order valence-corrected chi connectivity index (χ1v) is 8.65. The summed E-state index contributed by atoms with van der Waals surface area (Å²) in [6.07, 6.45) is 2.93. The molecule has 0 fully saturated rings. The van der Waals surface area contributed by atoms with Gasteiger partial charge in [-0.2, -0.15) is 0 Å². The first-order valence-electron chi connectivity index (χ1n) is 8.27. The molecule has 27 heavy (non-hydrogen) atoms. The summed E-state index contributed by atoms with van der Waals surface area (Å²) in [7, 11) is 1.57. The molecule has 0 bridgehead atoms. The summed E-state index contributed by atoms with van der Waals surface area (Å²) < 4.78 is 5.28. The van der Waals surface area contributed by atoms with Crippen LogP contribution in [0.5, 0.6) is 5.75 Å². The van der Waals surface area contributed by atoms with Crippen LogP contribution in [-0.4, -0.2) is 23.0 Å². The van der Waals surface area contributed by atoms with Gasteiger partial charge in [0.15, 0.2) is 0 Å². The Hall–Kier alpha value is -3.12. The normalized spacial score (nSPS) is 10.4. The number of rotatable bonds is 5. The molecule has 1 amide bonds. The van der Waals surface area contributed by atoms with Crippen LogP contribution in [0.2, 0.25) is 5.02 Å². The number of hydrogen-bond acceptors (Lipinski definition) is 5. The van der Waals surface area contributed by atoms with Crippen LogP contribution in [0.1, 0.15) is 21.5 Å². The van der Waals surface area contributed by atoms with E-state index in [1.807, 2.05) is 32.0 Å². The third-order valence-electron chi connectivity index (χ3n) is 3.96. The van der Waals surface area contributed by atoms with Gasteiger partial charge < -0.3 is 15.4 Å². The smallest absolute Gasteiger partial charge is 0.258 e. The second-order valence-electron chi connectivity index (χ2n) is 6.04. The second kappa shape index (κ2) is 8.05. The van der Waals surface area contributed by atoms with E-state index < -0.39 is 0 Å². The van der Waals surface area contributed by atoms with Crippen LogP contribution in [0.15, 0.2) is 48.8 Å². The summed E-state index contributed by atoms with van der Waals surface area (Å²) in [6.45, 7) is 3.92. The molecule has 2 N–H and O–H groups in total. The van der Waals surface area contributed by atoms with Crippen molar-refractivity contribution in [2.24, 2.45) is 0 Å². The number of carbonyl (C=O) groups is 1. The number of halogens is 1. The maximum Gasteiger partial charge on any atom is 0.258 e. The van der Waals surface area contributed by atoms with Gasteiger partial charge >= 0.3 is 0 Å². The summed E-state index contributed by atoms with van der Waals surface area (Å²) in [5.74, 6) is 0.675. The lowest BCUT2D eigenvalue weighted by atomic mass is 10.1. The van der Waals surface area contributed by atoms with E-state index in [9.17, 15) is 4.79 Å². The van der Waals surface area contributed by atoms with Crippen molar-refractivity contribution in [3.8, 4) is 5.75 Å². The summed E-state index contributed by atoms with van der Waals surface area (Å²) in [6, 6.07) is 11.1. The molecule has 6 nitrogen and oxygen atoms in total. The number of hydrogen-bond donors (Lipinski definition) is 2. The third kappa shape index (κ3) is 4.54. The van der Waals surface area contributed by atoms with Gasteiger partial charge in [0.1, 0.15) is 5.75 Å². The maximum atomic E-state index is 12.4. The van der Waals surface area contributed by atoms with Crippen molar-refractivity contribution in [1.29, 1.82) is 0 Å². The van der Waals surface area contributed by atoms with E-state index in [1.165, 1.54) is 12.4 Å². The minimum Gasteiger partial charge on any atom is -0.495 e. The van der Waals surface area contributed by atoms with E-state index in [-0.39, 0.29) is 5.91 Å². The molecule has 7 heteroatoms. The van der Waals surface area contributed by atoms with Gasteiger partial charge in [-0.25, -0.2) is 9.97 Å². The molecule has 0 aliphatic rings. The predicted octanol–water partition coefficient (Wildman–Crippen LogP) is 4.75. The van der Waals surface area contributed by atoms with E-state index >= 15 is 0 Å². The highest BCUT2D eigenvalue weighted by atomic mass is 35.5. The van der Waals surface area contributed by atoms with Crippen LogP contribution in [-0.2, 0) is 0 Å². The van der Waals surface area contributed by atoms with Crippen LogP contribution in [0.25, 0.3) is 0 Å². The Bertz CT molecular complexity index is 974. The van der Waals surface area contributed by atoms with Crippen LogP contribution < -0.4 is 15.4 Å². The van der Waals surface area contributed by atoms with Crippen molar-refractivity contribution in [3.05, 3.63) is 70.5 Å². The highest BCUT2D eigenvalue weighted by Crippen LogP contribution is 2.29. The maximum absolute atomic E-state index is 12.4. The molecule has 138 valence electrons. The molecule has 0 unspecified atom stereocenters. The molecular weight excluding hydrogens is 364 g/mol. The van der Waals surface area contributed by atoms with Crippen molar-refractivity contribution in [2.45, 2.75) is 13.8 Å². The van der Waals surface area contributed by atoms with Gasteiger partial charge in [0.2, 0.25) is 5.95 Å². The number of aromatic nitrogens is 2. The number of methoxy groups -OCH3 is 1. The first kappa shape index (κ1) is 18.7. The molecule has 0 aliphatic heterocycles. The number of nitrogens with zero attached hydrogens (tertiary/aromatic N) is 2. The van der Waals surface area contributed by atoms with Gasteiger partial charge in [0.05, 0.1) is 18.4 Å². The fourth-order valence-corrected chi connectivity index (χ4v) is 2.65. The number of benzene rings is 2. The lowest BCUT2D eigenvalue weighted by molar-refractivity contribution is 0.102. The molecular formula is C20H19ClN4O2. The third-order valence-corrected chi connectivity index (χ3v) is 4.20. The standard InChI is InChI=1S/C20H19ClN4O2/c1-12-4-5-13(2)16(8-12)24-19(26)14-10-22-20(23-11-14)25-17-9-15(21)6-7-18(17)27-3/h4-11H,1-3H3,(H,24,26)(H,22,23,25). The highest BCUT2D eigenvalue weighted by Gasteiger charge is 2.11. The van der Waals surface area contributed by atoms with E-state index in [0.29, 0.717) is 28.0 Å². The van der Waals surface area contributed by atoms with Crippen LogP contribution >= 0.6 is 11.6 Å². The molecule has 0 aliphatic carbocycles. The fourth-order valence-electron chi connectivity index (χ4n) is 2.47. The Kier molecular flexibility index (Phi) is 5.57. The minimum absolute atomic E-state index is 0.268. The van der Waals surface area contributed by atoms with E-state index in [0.717, 1.165) is 16.8 Å². The lowest BCUT2D eigenvalue weighted by Gasteiger charge is -2.11. The summed E-state index contributed by atoms with van der Waals surface area (Å²) >= 11 is 6.02. The second-order valence-corrected chi connectivity index (χ2v) is 6.47. The lowest BCUT2D eigenvalue weighted by Crippen LogP contribution is -2.14. The Morgan fingerprint density at radius 1 is 1.04 bits per heavy atom. The number of anilines is 3. The molecule has 0 radical (unpaired) electrons. The summed E-state index contributed by atoms with van der Waals surface area (Å²) in [4.78, 5) is 20.8. The van der Waals surface area contributed by atoms with Gasteiger partial charge in [-0.05, 0) is 49.2 Å². The molecule has 0 atom stereocenters. The first-order chi connectivity index (χ1) is 13.0.